The van der Waals surface area contributed by atoms with Gasteiger partial charge in [0.05, 0.1) is 40.8 Å². The van der Waals surface area contributed by atoms with E-state index in [-0.39, 0.29) is 44.2 Å². The molecule has 0 spiro atoms. The highest BCUT2D eigenvalue weighted by Gasteiger charge is 2.23. The fraction of sp³-hybridized carbons (Fsp3) is 0.519. The number of hydrogen-bond donors (Lipinski definition) is 5. The number of carbonyl (C=O) groups excluding carboxylic acids is 1. The van der Waals surface area contributed by atoms with Crippen LogP contribution >= 0.6 is 0 Å². The lowest BCUT2D eigenvalue weighted by Gasteiger charge is -2.19. The smallest absolute Gasteiger partial charge is 0.326 e. The van der Waals surface area contributed by atoms with Crippen LogP contribution in [0.2, 0.25) is 0 Å². The summed E-state index contributed by atoms with van der Waals surface area (Å²) in [5, 5.41) is 18.6. The van der Waals surface area contributed by atoms with Crippen LogP contribution < -0.4 is 21.5 Å². The first-order chi connectivity index (χ1) is 43.0. The topological polar surface area (TPSA) is 182 Å². The summed E-state index contributed by atoms with van der Waals surface area (Å²) in [6.45, 7) is 72.4. The summed E-state index contributed by atoms with van der Waals surface area (Å²) >= 11 is 0. The predicted octanol–water partition coefficient (Wildman–Crippen LogP) is 22.8. The van der Waals surface area contributed by atoms with Crippen molar-refractivity contribution in [1.29, 1.82) is 0 Å². The van der Waals surface area contributed by atoms with Gasteiger partial charge in [-0.05, 0) is 115 Å². The molecule has 5 heterocycles. The number of esters is 1. The summed E-state index contributed by atoms with van der Waals surface area (Å²) in [7, 11) is 0. The minimum absolute atomic E-state index is 0.0152. The summed E-state index contributed by atoms with van der Waals surface area (Å²) in [5.41, 5.74) is 9.78. The first-order valence-corrected chi connectivity index (χ1v) is 34.1. The molecular weight excluding hydrogens is 1130 g/mol. The lowest BCUT2D eigenvalue weighted by atomic mass is 9.86. The van der Waals surface area contributed by atoms with E-state index in [0.717, 1.165) is 38.7 Å². The van der Waals surface area contributed by atoms with Crippen molar-refractivity contribution in [2.24, 2.45) is 0 Å². The Morgan fingerprint density at radius 2 is 0.692 bits per heavy atom. The summed E-state index contributed by atoms with van der Waals surface area (Å²) in [6.07, 6.45) is 5.83. The fourth-order valence-corrected chi connectivity index (χ4v) is 7.70. The van der Waals surface area contributed by atoms with Crippen LogP contribution in [0.25, 0.3) is 43.5 Å². The van der Waals surface area contributed by atoms with Crippen molar-refractivity contribution in [2.75, 3.05) is 0 Å². The molecule has 1 aliphatic rings. The van der Waals surface area contributed by atoms with Crippen molar-refractivity contribution in [3.63, 3.8) is 0 Å². The second-order valence-corrected chi connectivity index (χ2v) is 23.3. The van der Waals surface area contributed by atoms with Crippen LogP contribution in [0, 0.1) is 0 Å². The second-order valence-electron chi connectivity index (χ2n) is 23.3. The van der Waals surface area contributed by atoms with Gasteiger partial charge in [-0.3, -0.25) is 29.6 Å². The molecule has 0 fully saturated rings. The van der Waals surface area contributed by atoms with Crippen LogP contribution in [0.3, 0.4) is 0 Å². The lowest BCUT2D eigenvalue weighted by molar-refractivity contribution is -0.131. The Labute approximate surface area is 553 Å². The van der Waals surface area contributed by atoms with Crippen molar-refractivity contribution in [3.8, 4) is 5.75 Å². The van der Waals surface area contributed by atoms with Gasteiger partial charge in [-0.15, -0.1) is 0 Å². The molecule has 0 radical (unpaired) electrons. The minimum atomic E-state index is -0.471. The van der Waals surface area contributed by atoms with Crippen molar-refractivity contribution >= 4 is 49.5 Å². The van der Waals surface area contributed by atoms with Gasteiger partial charge in [-0.2, -0.15) is 10.2 Å². The highest BCUT2D eigenvalue weighted by atomic mass is 16.5. The first-order valence-electron chi connectivity index (χ1n) is 34.1. The van der Waals surface area contributed by atoms with E-state index in [1.165, 1.54) is 33.0 Å². The minimum Gasteiger partial charge on any atom is -0.426 e. The number of aromatic amines is 5. The van der Waals surface area contributed by atoms with E-state index in [9.17, 15) is 19.2 Å². The van der Waals surface area contributed by atoms with E-state index in [2.05, 4.69) is 188 Å². The Kier molecular flexibility index (Phi) is 48.3. The van der Waals surface area contributed by atoms with Crippen LogP contribution in [-0.2, 0) is 38.3 Å². The SMILES string of the molecule is CC.CC.CC.CC.CC.CC.CC.CC.CC.CC.CC(C)(C)c1ccc2[nH]c(=O)[nH]c(=O)c2c1.CC(C)(C)c1ccc2[nH]ncc2c1.CC(C)(C)c1ccc2[nH]ncc2c1.CC(C)(C)c1ccc2c(c1)CC(=O)O2.CC(C)(C)c1ccc2cc[nH]c(=O)c2c1. The number of carbonyl (C=O) groups is 1. The number of pyridine rings is 1. The molecule has 9 aromatic rings. The van der Waals surface area contributed by atoms with Crippen molar-refractivity contribution in [2.45, 2.75) is 276 Å². The molecule has 0 amide bonds. The number of nitrogens with zero attached hydrogens (tertiary/aromatic N) is 2. The number of hydrogen-bond acceptors (Lipinski definition) is 7. The molecule has 512 valence electrons. The summed E-state index contributed by atoms with van der Waals surface area (Å²) in [5.74, 6) is 0.578. The fourth-order valence-electron chi connectivity index (χ4n) is 7.70. The highest BCUT2D eigenvalue weighted by molar-refractivity contribution is 5.83. The number of fused-ring (bicyclic) bond motifs is 5. The molecule has 5 aromatic carbocycles. The second kappa shape index (κ2) is 47.6. The maximum atomic E-state index is 11.6. The molecule has 5 N–H and O–H groups in total. The van der Waals surface area contributed by atoms with Gasteiger partial charge < -0.3 is 14.7 Å². The lowest BCUT2D eigenvalue weighted by Crippen LogP contribution is -2.22. The van der Waals surface area contributed by atoms with E-state index in [1.807, 2.05) is 193 Å². The van der Waals surface area contributed by atoms with Crippen LogP contribution in [0.1, 0.15) is 276 Å². The van der Waals surface area contributed by atoms with Gasteiger partial charge in [0, 0.05) is 27.9 Å². The number of H-pyrrole nitrogens is 5. The molecule has 0 saturated carbocycles. The van der Waals surface area contributed by atoms with Gasteiger partial charge in [0.15, 0.2) is 0 Å². The Morgan fingerprint density at radius 1 is 0.352 bits per heavy atom. The number of benzene rings is 5. The monoisotopic (exact) mass is 1260 g/mol. The van der Waals surface area contributed by atoms with Crippen LogP contribution in [-0.4, -0.2) is 41.3 Å². The molecule has 0 bridgehead atoms. The Balaban J connectivity index is -0.000000316. The van der Waals surface area contributed by atoms with Gasteiger partial charge in [0.2, 0.25) is 0 Å². The molecule has 0 unspecified atom stereocenters. The molecule has 0 aliphatic carbocycles. The van der Waals surface area contributed by atoms with Gasteiger partial charge in [-0.25, -0.2) is 4.79 Å². The Morgan fingerprint density at radius 3 is 1.09 bits per heavy atom. The number of ether oxygens (including phenoxy) is 1. The summed E-state index contributed by atoms with van der Waals surface area (Å²) < 4.78 is 5.04. The number of nitrogens with one attached hydrogen (secondary N) is 5. The molecule has 12 nitrogen and oxygen atoms in total. The molecular formula is C79H131N7O5. The van der Waals surface area contributed by atoms with E-state index in [1.54, 1.807) is 12.3 Å². The first kappa shape index (κ1) is 92.4. The average molecular weight is 1260 g/mol. The van der Waals surface area contributed by atoms with Crippen LogP contribution in [0.5, 0.6) is 5.75 Å². The highest BCUT2D eigenvalue weighted by Crippen LogP contribution is 2.32. The van der Waals surface area contributed by atoms with Crippen LogP contribution in [0.4, 0.5) is 0 Å². The molecule has 0 atom stereocenters. The third-order valence-electron chi connectivity index (χ3n) is 12.3. The Hall–Kier alpha value is -7.34. The summed E-state index contributed by atoms with van der Waals surface area (Å²) in [4.78, 5) is 52.8. The number of aromatic nitrogens is 7. The average Bonchev–Trinajstić information content (AvgIpc) is 1.88. The number of rotatable bonds is 0. The third kappa shape index (κ3) is 32.0. The van der Waals surface area contributed by atoms with Crippen molar-refractivity contribution in [1.82, 2.24) is 35.3 Å². The van der Waals surface area contributed by atoms with Gasteiger partial charge in [0.1, 0.15) is 5.75 Å². The van der Waals surface area contributed by atoms with Gasteiger partial charge in [0.25, 0.3) is 11.1 Å². The quantitative estimate of drug-likeness (QED) is 0.0739. The van der Waals surface area contributed by atoms with E-state index in [4.69, 9.17) is 4.74 Å². The molecule has 12 heteroatoms. The van der Waals surface area contributed by atoms with E-state index in [0.29, 0.717) is 17.3 Å². The van der Waals surface area contributed by atoms with Gasteiger partial charge >= 0.3 is 11.7 Å². The molecule has 10 rings (SSSR count). The van der Waals surface area contributed by atoms with Crippen molar-refractivity contribution < 1.29 is 9.53 Å². The zero-order chi connectivity index (χ0) is 72.3. The Bertz CT molecular complexity index is 3420. The molecule has 91 heavy (non-hydrogen) atoms. The normalized spacial score (nSPS) is 10.6. The maximum Gasteiger partial charge on any atom is 0.326 e. The molecule has 0 saturated heterocycles. The largest absolute Gasteiger partial charge is 0.426 e. The standard InChI is InChI=1S/C13H15NO.C12H14N2O2.C12H14O2.2C11H14N2.10C2H6/c1-13(2,3)10-5-4-9-6-7-14-12(15)11(9)8-10;1-12(2,3)7-4-5-9-8(6-7)10(15)14-11(16)13-9;1-12(2,3)9-4-5-10-8(6-9)7-11(13)14-10;2*1-11(2,3)9-4-5-10-8(6-9)7-12-13-10;10*1-2/h4-8H,1-3H3,(H,14,15);4-6H,1-3H3,(H2,13,14,15,16);4-6H,7H2,1-3H3;2*4-7H,1-3H3,(H,12,13);10*1-2H3. The van der Waals surface area contributed by atoms with E-state index >= 15 is 0 Å². The zero-order valence-corrected chi connectivity index (χ0v) is 64.1. The maximum absolute atomic E-state index is 11.6. The third-order valence-corrected chi connectivity index (χ3v) is 12.3. The van der Waals surface area contributed by atoms with E-state index < -0.39 is 5.69 Å². The zero-order valence-electron chi connectivity index (χ0n) is 64.1. The van der Waals surface area contributed by atoms with Gasteiger partial charge in [-0.1, -0.05) is 285 Å². The van der Waals surface area contributed by atoms with Crippen molar-refractivity contribution in [3.05, 3.63) is 180 Å². The van der Waals surface area contributed by atoms with Crippen LogP contribution in [0.15, 0.2) is 130 Å². The molecule has 4 aromatic heterocycles. The summed E-state index contributed by atoms with van der Waals surface area (Å²) in [6, 6.07) is 32.4. The predicted molar refractivity (Wildman–Crippen MR) is 405 cm³/mol. The molecule has 1 aliphatic heterocycles.